The summed E-state index contributed by atoms with van der Waals surface area (Å²) in [6.45, 7) is 9.01. The highest BCUT2D eigenvalue weighted by Crippen LogP contribution is 2.45. The minimum atomic E-state index is -0.240. The van der Waals surface area contributed by atoms with Gasteiger partial charge in [-0.15, -0.1) is 11.6 Å². The summed E-state index contributed by atoms with van der Waals surface area (Å²) in [5, 5.41) is 6.90. The molecule has 212 valence electrons. The molecule has 2 aliphatic carbocycles. The molecule has 0 aromatic rings. The van der Waals surface area contributed by atoms with Gasteiger partial charge in [-0.05, 0) is 58.0 Å². The summed E-state index contributed by atoms with van der Waals surface area (Å²) in [6, 6.07) is 0.317. The molecule has 38 heavy (non-hydrogen) atoms. The second kappa shape index (κ2) is 12.1. The van der Waals surface area contributed by atoms with Crippen LogP contribution in [0.3, 0.4) is 0 Å². The lowest BCUT2D eigenvalue weighted by atomic mass is 9.70. The summed E-state index contributed by atoms with van der Waals surface area (Å²) in [5.41, 5.74) is 0.317. The van der Waals surface area contributed by atoms with Crippen LogP contribution in [0.5, 0.6) is 0 Å². The molecule has 0 bridgehead atoms. The minimum absolute atomic E-state index is 0.0100. The summed E-state index contributed by atoms with van der Waals surface area (Å²) < 4.78 is 12.2. The largest absolute Gasteiger partial charge is 0.379 e. The van der Waals surface area contributed by atoms with Crippen molar-refractivity contribution in [3.05, 3.63) is 11.8 Å². The molecule has 2 saturated carbocycles. The fourth-order valence-electron chi connectivity index (χ4n) is 7.62. The smallest absolute Gasteiger partial charge is 0.256 e. The lowest BCUT2D eigenvalue weighted by Gasteiger charge is -2.58. The number of likely N-dealkylation sites (tertiary alicyclic amines) is 1. The van der Waals surface area contributed by atoms with Gasteiger partial charge in [-0.25, -0.2) is 0 Å². The Kier molecular flexibility index (Phi) is 8.59. The molecule has 10 heteroatoms. The zero-order valence-corrected chi connectivity index (χ0v) is 23.2. The van der Waals surface area contributed by atoms with E-state index in [1.165, 1.54) is 12.8 Å². The van der Waals surface area contributed by atoms with E-state index in [1.54, 1.807) is 0 Å². The van der Waals surface area contributed by atoms with Crippen molar-refractivity contribution >= 4 is 23.3 Å². The Balaban J connectivity index is 1.15. The number of ketones is 1. The summed E-state index contributed by atoms with van der Waals surface area (Å²) in [7, 11) is 0. The Morgan fingerprint density at radius 1 is 0.974 bits per heavy atom. The van der Waals surface area contributed by atoms with E-state index in [0.717, 1.165) is 91.1 Å². The predicted molar refractivity (Wildman–Crippen MR) is 145 cm³/mol. The van der Waals surface area contributed by atoms with Crippen molar-refractivity contribution in [2.24, 2.45) is 5.92 Å². The molecule has 4 aliphatic heterocycles. The van der Waals surface area contributed by atoms with Gasteiger partial charge in [0.25, 0.3) is 5.91 Å². The first-order valence-corrected chi connectivity index (χ1v) is 15.4. The van der Waals surface area contributed by atoms with E-state index in [4.69, 9.17) is 21.1 Å². The van der Waals surface area contributed by atoms with Gasteiger partial charge in [0.1, 0.15) is 0 Å². The minimum Gasteiger partial charge on any atom is -0.379 e. The standard InChI is InChI=1S/C28H44ClN5O4/c29-19-3-4-24-23(15-19)34-18-22(28(36)31-6-10-32-7-1-2-8-32)27(35)21-16-20(17-25(38-24)26(21)34)30-5-9-33-11-13-37-14-12-33/h18-21,23-26,30H,1-17H2,(H,31,36). The first kappa shape index (κ1) is 27.0. The Hall–Kier alpha value is -1.23. The summed E-state index contributed by atoms with van der Waals surface area (Å²) in [4.78, 5) is 34.3. The van der Waals surface area contributed by atoms with Crippen molar-refractivity contribution in [1.82, 2.24) is 25.3 Å². The summed E-state index contributed by atoms with van der Waals surface area (Å²) in [5.74, 6) is -0.488. The van der Waals surface area contributed by atoms with Gasteiger partial charge < -0.3 is 29.9 Å². The van der Waals surface area contributed by atoms with Crippen LogP contribution in [0.4, 0.5) is 0 Å². The quantitative estimate of drug-likeness (QED) is 0.342. The Bertz CT molecular complexity index is 892. The predicted octanol–water partition coefficient (Wildman–Crippen LogP) is 0.963. The van der Waals surface area contributed by atoms with Gasteiger partial charge in [0, 0.05) is 62.8 Å². The average Bonchev–Trinajstić information content (AvgIpc) is 3.44. The molecule has 2 N–H and O–H groups in total. The first-order valence-electron chi connectivity index (χ1n) is 14.9. The Morgan fingerprint density at radius 2 is 1.74 bits per heavy atom. The lowest BCUT2D eigenvalue weighted by molar-refractivity contribution is -0.183. The van der Waals surface area contributed by atoms with Crippen LogP contribution in [-0.4, -0.2) is 128 Å². The molecule has 4 heterocycles. The second-order valence-corrected chi connectivity index (χ2v) is 12.6. The number of hydrogen-bond donors (Lipinski definition) is 2. The van der Waals surface area contributed by atoms with E-state index in [0.29, 0.717) is 12.1 Å². The number of ether oxygens (including phenoxy) is 2. The van der Waals surface area contributed by atoms with Crippen LogP contribution in [0, 0.1) is 5.92 Å². The first-order chi connectivity index (χ1) is 18.6. The molecule has 0 aromatic carbocycles. The van der Waals surface area contributed by atoms with E-state index in [-0.39, 0.29) is 53.3 Å². The molecule has 7 atom stereocenters. The maximum atomic E-state index is 13.8. The second-order valence-electron chi connectivity index (χ2n) is 12.0. The molecule has 9 nitrogen and oxygen atoms in total. The number of nitrogens with zero attached hydrogens (tertiary/aromatic N) is 3. The van der Waals surface area contributed by atoms with Gasteiger partial charge >= 0.3 is 0 Å². The third-order valence-electron chi connectivity index (χ3n) is 9.62. The molecule has 6 rings (SSSR count). The highest BCUT2D eigenvalue weighted by molar-refractivity contribution is 6.21. The van der Waals surface area contributed by atoms with E-state index in [9.17, 15) is 9.59 Å². The van der Waals surface area contributed by atoms with Gasteiger partial charge in [-0.2, -0.15) is 0 Å². The van der Waals surface area contributed by atoms with E-state index in [1.807, 2.05) is 6.20 Å². The number of carbonyl (C=O) groups is 2. The van der Waals surface area contributed by atoms with Crippen LogP contribution < -0.4 is 10.6 Å². The number of halogens is 1. The van der Waals surface area contributed by atoms with Crippen molar-refractivity contribution in [2.75, 3.05) is 65.6 Å². The number of nitrogens with one attached hydrogen (secondary N) is 2. The average molecular weight is 550 g/mol. The number of carbonyl (C=O) groups excluding carboxylic acids is 2. The van der Waals surface area contributed by atoms with E-state index < -0.39 is 0 Å². The SMILES string of the molecule is O=C(NCCN1CCCC1)C1=CN2C3CC(Cl)CCC3OC3CC(NCCN4CCOCC4)CC(C1=O)C32. The fraction of sp³-hybridized carbons (Fsp3) is 0.857. The summed E-state index contributed by atoms with van der Waals surface area (Å²) in [6.07, 6.45) is 8.76. The van der Waals surface area contributed by atoms with Crippen molar-refractivity contribution in [3.8, 4) is 0 Å². The Labute approximate surface area is 231 Å². The zero-order chi connectivity index (χ0) is 26.1. The van der Waals surface area contributed by atoms with Crippen molar-refractivity contribution in [2.45, 2.75) is 80.7 Å². The van der Waals surface area contributed by atoms with Crippen molar-refractivity contribution in [3.63, 3.8) is 0 Å². The molecule has 6 aliphatic rings. The van der Waals surface area contributed by atoms with Crippen molar-refractivity contribution in [1.29, 1.82) is 0 Å². The van der Waals surface area contributed by atoms with Gasteiger partial charge in [-0.1, -0.05) is 0 Å². The van der Waals surface area contributed by atoms with Crippen LogP contribution >= 0.6 is 11.6 Å². The number of hydrogen-bond acceptors (Lipinski definition) is 8. The van der Waals surface area contributed by atoms with Crippen LogP contribution in [0.25, 0.3) is 0 Å². The van der Waals surface area contributed by atoms with Crippen LogP contribution in [0.1, 0.15) is 44.9 Å². The van der Waals surface area contributed by atoms with Crippen LogP contribution in [0.2, 0.25) is 0 Å². The molecule has 1 amide bonds. The summed E-state index contributed by atoms with van der Waals surface area (Å²) >= 11 is 6.62. The molecular formula is C28H44ClN5O4. The number of morpholine rings is 2. The highest BCUT2D eigenvalue weighted by Gasteiger charge is 2.55. The molecular weight excluding hydrogens is 506 g/mol. The number of fused-ring (bicyclic) bond motifs is 2. The van der Waals surface area contributed by atoms with Crippen LogP contribution in [0.15, 0.2) is 11.8 Å². The Morgan fingerprint density at radius 3 is 2.55 bits per heavy atom. The van der Waals surface area contributed by atoms with E-state index >= 15 is 0 Å². The highest BCUT2D eigenvalue weighted by atomic mass is 35.5. The number of Topliss-reactive ketones (excluding diaryl/α,β-unsaturated/α-hetero) is 1. The van der Waals surface area contributed by atoms with Gasteiger partial charge in [0.15, 0.2) is 5.78 Å². The van der Waals surface area contributed by atoms with Gasteiger partial charge in [0.2, 0.25) is 0 Å². The number of alkyl halides is 1. The third-order valence-corrected chi connectivity index (χ3v) is 10.0. The molecule has 0 radical (unpaired) electrons. The molecule has 5 fully saturated rings. The molecule has 3 saturated heterocycles. The lowest BCUT2D eigenvalue weighted by Crippen LogP contribution is -2.68. The van der Waals surface area contributed by atoms with Gasteiger partial charge in [0.05, 0.1) is 43.1 Å². The number of rotatable bonds is 8. The molecule has 0 aromatic heterocycles. The maximum absolute atomic E-state index is 13.8. The van der Waals surface area contributed by atoms with Gasteiger partial charge in [-0.3, -0.25) is 14.5 Å². The molecule has 7 unspecified atom stereocenters. The monoisotopic (exact) mass is 549 g/mol. The third kappa shape index (κ3) is 5.79. The number of amides is 1. The maximum Gasteiger partial charge on any atom is 0.256 e. The fourth-order valence-corrected chi connectivity index (χ4v) is 7.93. The topological polar surface area (TPSA) is 86.4 Å². The van der Waals surface area contributed by atoms with Crippen molar-refractivity contribution < 1.29 is 19.1 Å². The van der Waals surface area contributed by atoms with E-state index in [2.05, 4.69) is 25.3 Å². The molecule has 0 spiro atoms. The zero-order valence-electron chi connectivity index (χ0n) is 22.5. The normalized spacial score (nSPS) is 37.9. The van der Waals surface area contributed by atoms with Crippen LogP contribution in [-0.2, 0) is 19.1 Å².